The van der Waals surface area contributed by atoms with Gasteiger partial charge in [-0.3, -0.25) is 0 Å². The molecule has 0 unspecified atom stereocenters. The van der Waals surface area contributed by atoms with E-state index >= 15 is 0 Å². The molecule has 1 amide bonds. The summed E-state index contributed by atoms with van der Waals surface area (Å²) in [6.07, 6.45) is 4.14. The molecule has 0 saturated heterocycles. The summed E-state index contributed by atoms with van der Waals surface area (Å²) in [5.74, 6) is 1.03. The number of nitrogens with zero attached hydrogens (tertiary/aromatic N) is 1. The number of fused-ring (bicyclic) bond motifs is 2. The highest BCUT2D eigenvalue weighted by Gasteiger charge is 2.22. The molecule has 31 heavy (non-hydrogen) atoms. The Morgan fingerprint density at radius 2 is 1.23 bits per heavy atom. The average molecular weight is 420 g/mol. The van der Waals surface area contributed by atoms with E-state index in [0.717, 1.165) is 55.1 Å². The van der Waals surface area contributed by atoms with Crippen LogP contribution in [0.3, 0.4) is 0 Å². The number of rotatable bonds is 10. The molecular formula is C28H37NO2. The molecule has 0 aliphatic heterocycles. The molecule has 0 atom stereocenters. The van der Waals surface area contributed by atoms with Crippen LogP contribution in [0.15, 0.2) is 54.6 Å². The average Bonchev–Trinajstić information content (AvgIpc) is 2.81. The van der Waals surface area contributed by atoms with Crippen LogP contribution in [0.25, 0.3) is 21.5 Å². The summed E-state index contributed by atoms with van der Waals surface area (Å²) in [6, 6.07) is 18.9. The van der Waals surface area contributed by atoms with Gasteiger partial charge in [0.05, 0.1) is 0 Å². The lowest BCUT2D eigenvalue weighted by Gasteiger charge is -2.29. The lowest BCUT2D eigenvalue weighted by molar-refractivity contribution is 0.0830. The predicted octanol–water partition coefficient (Wildman–Crippen LogP) is 7.80. The first kappa shape index (κ1) is 23.1. The van der Waals surface area contributed by atoms with E-state index in [1.54, 1.807) is 0 Å². The highest BCUT2D eigenvalue weighted by atomic mass is 16.6. The van der Waals surface area contributed by atoms with Crippen molar-refractivity contribution in [3.05, 3.63) is 60.2 Å². The molecule has 0 spiro atoms. The van der Waals surface area contributed by atoms with Crippen molar-refractivity contribution in [3.63, 3.8) is 0 Å². The second-order valence-electron chi connectivity index (χ2n) is 8.62. The minimum absolute atomic E-state index is 0.184. The largest absolute Gasteiger partial charge is 0.444 e. The van der Waals surface area contributed by atoms with Crippen molar-refractivity contribution in [1.82, 2.24) is 4.90 Å². The summed E-state index contributed by atoms with van der Waals surface area (Å²) in [4.78, 5) is 15.2. The fraction of sp³-hybridized carbons (Fsp3) is 0.464. The molecule has 0 saturated carbocycles. The molecule has 3 rings (SSSR count). The SMILES string of the molecule is CCC(CC)CN(CC(CC)CC)C(=O)OCc1c2ccccc2cc2ccccc12. The van der Waals surface area contributed by atoms with Gasteiger partial charge in [-0.2, -0.15) is 0 Å². The Morgan fingerprint density at radius 3 is 1.68 bits per heavy atom. The Kier molecular flexibility index (Phi) is 8.34. The minimum Gasteiger partial charge on any atom is -0.444 e. The summed E-state index contributed by atoms with van der Waals surface area (Å²) in [7, 11) is 0. The first-order valence-electron chi connectivity index (χ1n) is 11.9. The van der Waals surface area contributed by atoms with Gasteiger partial charge < -0.3 is 9.64 Å². The predicted molar refractivity (Wildman–Crippen MR) is 131 cm³/mol. The molecule has 0 N–H and O–H groups in total. The van der Waals surface area contributed by atoms with E-state index in [1.165, 1.54) is 10.8 Å². The van der Waals surface area contributed by atoms with Crippen molar-refractivity contribution < 1.29 is 9.53 Å². The summed E-state index contributed by atoms with van der Waals surface area (Å²) in [6.45, 7) is 10.7. The molecule has 3 aromatic rings. The Morgan fingerprint density at radius 1 is 0.774 bits per heavy atom. The van der Waals surface area contributed by atoms with Crippen LogP contribution in [0.5, 0.6) is 0 Å². The Bertz CT molecular complexity index is 921. The third kappa shape index (κ3) is 5.58. The van der Waals surface area contributed by atoms with E-state index in [4.69, 9.17) is 4.74 Å². The van der Waals surface area contributed by atoms with Gasteiger partial charge in [0, 0.05) is 18.7 Å². The number of carbonyl (C=O) groups is 1. The first-order chi connectivity index (χ1) is 15.1. The quantitative estimate of drug-likeness (QED) is 0.314. The maximum absolute atomic E-state index is 13.2. The van der Waals surface area contributed by atoms with E-state index < -0.39 is 0 Å². The third-order valence-corrected chi connectivity index (χ3v) is 6.75. The van der Waals surface area contributed by atoms with Crippen molar-refractivity contribution in [2.24, 2.45) is 11.8 Å². The third-order valence-electron chi connectivity index (χ3n) is 6.75. The van der Waals surface area contributed by atoms with Crippen molar-refractivity contribution in [2.75, 3.05) is 13.1 Å². The zero-order valence-electron chi connectivity index (χ0n) is 19.6. The molecule has 0 aliphatic rings. The summed E-state index contributed by atoms with van der Waals surface area (Å²) >= 11 is 0. The highest BCUT2D eigenvalue weighted by Crippen LogP contribution is 2.29. The van der Waals surface area contributed by atoms with E-state index in [1.807, 2.05) is 4.90 Å². The Hall–Kier alpha value is -2.55. The van der Waals surface area contributed by atoms with E-state index in [-0.39, 0.29) is 6.09 Å². The number of benzene rings is 3. The fourth-order valence-electron chi connectivity index (χ4n) is 4.43. The minimum atomic E-state index is -0.184. The van der Waals surface area contributed by atoms with Gasteiger partial charge in [-0.05, 0) is 39.4 Å². The molecule has 0 radical (unpaired) electrons. The highest BCUT2D eigenvalue weighted by molar-refractivity contribution is 6.02. The topological polar surface area (TPSA) is 29.5 Å². The van der Waals surface area contributed by atoms with Crippen LogP contribution < -0.4 is 0 Å². The smallest absolute Gasteiger partial charge is 0.410 e. The standard InChI is InChI=1S/C28H37NO2/c1-5-21(6-2)18-29(19-22(7-3)8-4)28(30)31-20-27-25-15-11-9-13-23(25)17-24-14-10-12-16-26(24)27/h9-17,21-22H,5-8,18-20H2,1-4H3. The fourth-order valence-corrected chi connectivity index (χ4v) is 4.43. The van der Waals surface area contributed by atoms with Gasteiger partial charge in [-0.1, -0.05) is 102 Å². The molecular weight excluding hydrogens is 382 g/mol. The number of hydrogen-bond acceptors (Lipinski definition) is 2. The van der Waals surface area contributed by atoms with Crippen LogP contribution in [0, 0.1) is 11.8 Å². The Balaban J connectivity index is 1.86. The van der Waals surface area contributed by atoms with Gasteiger partial charge in [-0.25, -0.2) is 4.79 Å². The van der Waals surface area contributed by atoms with Crippen LogP contribution in [0.2, 0.25) is 0 Å². The van der Waals surface area contributed by atoms with Crippen molar-refractivity contribution >= 4 is 27.6 Å². The van der Waals surface area contributed by atoms with Gasteiger partial charge in [0.25, 0.3) is 0 Å². The van der Waals surface area contributed by atoms with Crippen molar-refractivity contribution in [2.45, 2.75) is 60.0 Å². The van der Waals surface area contributed by atoms with Crippen LogP contribution in [0.1, 0.15) is 58.9 Å². The van der Waals surface area contributed by atoms with Crippen LogP contribution in [-0.4, -0.2) is 24.1 Å². The number of hydrogen-bond donors (Lipinski definition) is 0. The summed E-state index contributed by atoms with van der Waals surface area (Å²) in [5.41, 5.74) is 1.09. The van der Waals surface area contributed by atoms with E-state index in [9.17, 15) is 4.79 Å². The van der Waals surface area contributed by atoms with Crippen LogP contribution >= 0.6 is 0 Å². The zero-order valence-corrected chi connectivity index (χ0v) is 19.6. The molecule has 3 nitrogen and oxygen atoms in total. The lowest BCUT2D eigenvalue weighted by atomic mass is 9.97. The maximum Gasteiger partial charge on any atom is 0.410 e. The van der Waals surface area contributed by atoms with Gasteiger partial charge in [0.15, 0.2) is 0 Å². The number of amides is 1. The maximum atomic E-state index is 13.2. The zero-order chi connectivity index (χ0) is 22.2. The van der Waals surface area contributed by atoms with Gasteiger partial charge >= 0.3 is 6.09 Å². The van der Waals surface area contributed by atoms with Crippen molar-refractivity contribution in [1.29, 1.82) is 0 Å². The van der Waals surface area contributed by atoms with E-state index in [2.05, 4.69) is 82.3 Å². The molecule has 0 bridgehead atoms. The molecule has 166 valence electrons. The second kappa shape index (κ2) is 11.2. The molecule has 0 aromatic heterocycles. The van der Waals surface area contributed by atoms with Crippen molar-refractivity contribution in [3.8, 4) is 0 Å². The molecule has 0 fully saturated rings. The summed E-state index contributed by atoms with van der Waals surface area (Å²) in [5, 5.41) is 4.66. The number of ether oxygens (including phenoxy) is 1. The van der Waals surface area contributed by atoms with E-state index in [0.29, 0.717) is 18.4 Å². The van der Waals surface area contributed by atoms with Crippen LogP contribution in [0.4, 0.5) is 4.79 Å². The molecule has 3 heteroatoms. The van der Waals surface area contributed by atoms with Gasteiger partial charge in [-0.15, -0.1) is 0 Å². The monoisotopic (exact) mass is 419 g/mol. The number of carbonyl (C=O) groups excluding carboxylic acids is 1. The molecule has 3 aromatic carbocycles. The summed E-state index contributed by atoms with van der Waals surface area (Å²) < 4.78 is 5.97. The lowest BCUT2D eigenvalue weighted by Crippen LogP contribution is -2.39. The molecule has 0 heterocycles. The second-order valence-corrected chi connectivity index (χ2v) is 8.62. The van der Waals surface area contributed by atoms with Gasteiger partial charge in [0.2, 0.25) is 0 Å². The van der Waals surface area contributed by atoms with Gasteiger partial charge in [0.1, 0.15) is 6.61 Å². The van der Waals surface area contributed by atoms with Crippen LogP contribution in [-0.2, 0) is 11.3 Å². The first-order valence-corrected chi connectivity index (χ1v) is 11.9. The normalized spacial score (nSPS) is 11.5. The molecule has 0 aliphatic carbocycles. The Labute approximate surface area is 187 Å².